The fraction of sp³-hybridized carbons (Fsp3) is 0.556. The third-order valence-electron chi connectivity index (χ3n) is 8.35. The van der Waals surface area contributed by atoms with Crippen molar-refractivity contribution in [2.75, 3.05) is 0 Å². The number of phenolic OH excluding ortho intramolecular Hbond substituents is 2. The molecule has 0 bridgehead atoms. The number of aromatic hydroxyl groups is 2. The van der Waals surface area contributed by atoms with Crippen LogP contribution in [0.15, 0.2) is 36.4 Å². The quantitative estimate of drug-likeness (QED) is 0.0773. The average Bonchev–Trinajstić information content (AvgIpc) is 3.04. The van der Waals surface area contributed by atoms with Crippen molar-refractivity contribution in [1.82, 2.24) is 21.7 Å². The highest BCUT2D eigenvalue weighted by Crippen LogP contribution is 2.22. The lowest BCUT2D eigenvalue weighted by Crippen LogP contribution is -2.44. The summed E-state index contributed by atoms with van der Waals surface area (Å²) in [5, 5.41) is 20.6. The molecule has 0 aliphatic heterocycles. The van der Waals surface area contributed by atoms with Crippen molar-refractivity contribution in [2.24, 2.45) is 11.8 Å². The largest absolute Gasteiger partial charge is 0.507 e. The van der Waals surface area contributed by atoms with Gasteiger partial charge < -0.3 is 10.2 Å². The molecular formula is C36H54N4O6. The maximum absolute atomic E-state index is 12.7. The van der Waals surface area contributed by atoms with E-state index in [4.69, 9.17) is 0 Å². The fourth-order valence-corrected chi connectivity index (χ4v) is 5.27. The molecule has 10 heteroatoms. The summed E-state index contributed by atoms with van der Waals surface area (Å²) in [6.45, 7) is 7.95. The van der Waals surface area contributed by atoms with Crippen LogP contribution < -0.4 is 21.7 Å². The van der Waals surface area contributed by atoms with E-state index in [1.807, 2.05) is 19.1 Å². The van der Waals surface area contributed by atoms with Crippen LogP contribution in [0.2, 0.25) is 0 Å². The summed E-state index contributed by atoms with van der Waals surface area (Å²) in [6, 6.07) is 9.97. The van der Waals surface area contributed by atoms with Gasteiger partial charge in [-0.25, -0.2) is 0 Å². The van der Waals surface area contributed by atoms with Gasteiger partial charge in [0.15, 0.2) is 0 Å². The number of rotatable bonds is 19. The topological polar surface area (TPSA) is 157 Å². The molecule has 2 atom stereocenters. The van der Waals surface area contributed by atoms with Crippen LogP contribution in [0.1, 0.15) is 137 Å². The van der Waals surface area contributed by atoms with E-state index in [9.17, 15) is 29.4 Å². The molecule has 46 heavy (non-hydrogen) atoms. The Kier molecular flexibility index (Phi) is 17.3. The van der Waals surface area contributed by atoms with Crippen LogP contribution in [0.5, 0.6) is 11.5 Å². The number of hydrazine groups is 2. The second kappa shape index (κ2) is 20.9. The van der Waals surface area contributed by atoms with Crippen molar-refractivity contribution >= 4 is 23.6 Å². The first-order chi connectivity index (χ1) is 22.1. The molecule has 0 saturated carbocycles. The zero-order chi connectivity index (χ0) is 33.9. The Labute approximate surface area is 274 Å². The molecule has 254 valence electrons. The first kappa shape index (κ1) is 38.1. The number of aryl methyl sites for hydroxylation is 2. The third kappa shape index (κ3) is 13.1. The number of benzene rings is 2. The maximum atomic E-state index is 12.7. The minimum Gasteiger partial charge on any atom is -0.507 e. The van der Waals surface area contributed by atoms with Gasteiger partial charge in [0.1, 0.15) is 11.5 Å². The van der Waals surface area contributed by atoms with E-state index in [1.165, 1.54) is 0 Å². The Morgan fingerprint density at radius 1 is 0.609 bits per heavy atom. The highest BCUT2D eigenvalue weighted by Gasteiger charge is 2.19. The highest BCUT2D eigenvalue weighted by molar-refractivity contribution is 5.98. The second-order valence-electron chi connectivity index (χ2n) is 12.1. The van der Waals surface area contributed by atoms with Gasteiger partial charge in [0.25, 0.3) is 11.8 Å². The molecule has 4 amide bonds. The Balaban J connectivity index is 1.67. The van der Waals surface area contributed by atoms with E-state index in [1.54, 1.807) is 31.2 Å². The molecule has 0 aromatic heterocycles. The lowest BCUT2D eigenvalue weighted by atomic mass is 9.96. The van der Waals surface area contributed by atoms with Gasteiger partial charge in [0.05, 0.1) is 11.1 Å². The number of hydrogen-bond donors (Lipinski definition) is 6. The number of unbranched alkanes of at least 4 members (excludes halogenated alkanes) is 6. The Morgan fingerprint density at radius 3 is 1.54 bits per heavy atom. The number of carbonyl (C=O) groups excluding carboxylic acids is 4. The van der Waals surface area contributed by atoms with Crippen molar-refractivity contribution in [2.45, 2.75) is 118 Å². The monoisotopic (exact) mass is 638 g/mol. The average molecular weight is 639 g/mol. The van der Waals surface area contributed by atoms with Crippen LogP contribution in [0.25, 0.3) is 0 Å². The van der Waals surface area contributed by atoms with Crippen LogP contribution in [0, 0.1) is 11.8 Å². The Hall–Kier alpha value is -4.08. The molecule has 0 radical (unpaired) electrons. The van der Waals surface area contributed by atoms with Crippen LogP contribution in [0.4, 0.5) is 0 Å². The van der Waals surface area contributed by atoms with Gasteiger partial charge in [-0.3, -0.25) is 40.9 Å². The summed E-state index contributed by atoms with van der Waals surface area (Å²) in [4.78, 5) is 50.2. The molecule has 6 N–H and O–H groups in total. The number of amides is 4. The summed E-state index contributed by atoms with van der Waals surface area (Å²) in [7, 11) is 0. The molecule has 0 aliphatic carbocycles. The molecule has 0 fully saturated rings. The van der Waals surface area contributed by atoms with Crippen molar-refractivity contribution in [3.05, 3.63) is 58.7 Å². The SMILES string of the molecule is CCCCCc1ccc(C(=O)NNC(=O)C(C)CCCCCC(CC)C(=O)NNC(=O)c2ccc(CCCCC)cc2O)c(O)c1. The van der Waals surface area contributed by atoms with Crippen LogP contribution >= 0.6 is 0 Å². The number of phenols is 2. The molecule has 2 unspecified atom stereocenters. The van der Waals surface area contributed by atoms with Gasteiger partial charge in [-0.05, 0) is 80.3 Å². The summed E-state index contributed by atoms with van der Waals surface area (Å²) in [6.07, 6.45) is 12.3. The molecule has 2 aromatic rings. The molecule has 10 nitrogen and oxygen atoms in total. The minimum absolute atomic E-state index is 0.103. The van der Waals surface area contributed by atoms with Gasteiger partial charge in [0.2, 0.25) is 11.8 Å². The van der Waals surface area contributed by atoms with E-state index in [2.05, 4.69) is 35.6 Å². The van der Waals surface area contributed by atoms with Crippen LogP contribution in [0.3, 0.4) is 0 Å². The van der Waals surface area contributed by atoms with E-state index in [-0.39, 0.29) is 46.3 Å². The zero-order valence-corrected chi connectivity index (χ0v) is 28.0. The molecule has 2 rings (SSSR count). The predicted octanol–water partition coefficient (Wildman–Crippen LogP) is 6.40. The lowest BCUT2D eigenvalue weighted by Gasteiger charge is -2.16. The van der Waals surface area contributed by atoms with Gasteiger partial charge in [-0.15, -0.1) is 0 Å². The van der Waals surface area contributed by atoms with Gasteiger partial charge in [-0.2, -0.15) is 0 Å². The third-order valence-corrected chi connectivity index (χ3v) is 8.35. The number of nitrogens with one attached hydrogen (secondary N) is 4. The Morgan fingerprint density at radius 2 is 1.09 bits per heavy atom. The number of carbonyl (C=O) groups is 4. The lowest BCUT2D eigenvalue weighted by molar-refractivity contribution is -0.126. The maximum Gasteiger partial charge on any atom is 0.273 e. The van der Waals surface area contributed by atoms with E-state index >= 15 is 0 Å². The standard InChI is InChI=1S/C36H54N4O6/c1-5-8-11-16-26-19-21-29(31(41)23-26)35(45)39-37-33(43)25(4)15-13-10-14-18-28(7-3)34(44)38-40-36(46)30-22-20-27(24-32(30)42)17-12-9-6-2/h19-25,28,41-42H,5-18H2,1-4H3,(H,37,43)(H,38,44)(H,39,45)(H,40,46). The zero-order valence-electron chi connectivity index (χ0n) is 28.0. The van der Waals surface area contributed by atoms with Gasteiger partial charge in [-0.1, -0.05) is 84.8 Å². The van der Waals surface area contributed by atoms with Crippen molar-refractivity contribution < 1.29 is 29.4 Å². The molecule has 0 saturated heterocycles. The summed E-state index contributed by atoms with van der Waals surface area (Å²) >= 11 is 0. The van der Waals surface area contributed by atoms with E-state index in [0.29, 0.717) is 19.3 Å². The first-order valence-corrected chi connectivity index (χ1v) is 16.9. The summed E-state index contributed by atoms with van der Waals surface area (Å²) in [5.74, 6) is -2.60. The first-order valence-electron chi connectivity index (χ1n) is 16.9. The smallest absolute Gasteiger partial charge is 0.273 e. The molecule has 2 aromatic carbocycles. The molecule has 0 spiro atoms. The molecule has 0 heterocycles. The minimum atomic E-state index is -0.578. The van der Waals surface area contributed by atoms with Gasteiger partial charge >= 0.3 is 0 Å². The normalized spacial score (nSPS) is 12.2. The Bertz CT molecular complexity index is 1280. The van der Waals surface area contributed by atoms with Crippen molar-refractivity contribution in [1.29, 1.82) is 0 Å². The molecular weight excluding hydrogens is 584 g/mol. The van der Waals surface area contributed by atoms with E-state index in [0.717, 1.165) is 81.8 Å². The fourth-order valence-electron chi connectivity index (χ4n) is 5.27. The second-order valence-corrected chi connectivity index (χ2v) is 12.1. The summed E-state index contributed by atoms with van der Waals surface area (Å²) in [5.41, 5.74) is 11.9. The van der Waals surface area contributed by atoms with Crippen LogP contribution in [-0.4, -0.2) is 33.8 Å². The predicted molar refractivity (Wildman–Crippen MR) is 180 cm³/mol. The van der Waals surface area contributed by atoms with E-state index < -0.39 is 11.8 Å². The van der Waals surface area contributed by atoms with Crippen molar-refractivity contribution in [3.63, 3.8) is 0 Å². The van der Waals surface area contributed by atoms with Crippen LogP contribution in [-0.2, 0) is 22.4 Å². The van der Waals surface area contributed by atoms with Crippen molar-refractivity contribution in [3.8, 4) is 11.5 Å². The summed E-state index contributed by atoms with van der Waals surface area (Å²) < 4.78 is 0. The van der Waals surface area contributed by atoms with Gasteiger partial charge in [0, 0.05) is 11.8 Å². The molecule has 0 aliphatic rings. The number of hydrogen-bond acceptors (Lipinski definition) is 6. The highest BCUT2D eigenvalue weighted by atomic mass is 16.3.